The molecule has 1 rings (SSSR count). The molecule has 0 saturated carbocycles. The first-order valence-electron chi connectivity index (χ1n) is 4.67. The number of nitrogens with two attached hydrogens (primary N) is 1. The first-order chi connectivity index (χ1) is 6.90. The average Bonchev–Trinajstić information content (AvgIpc) is 2.59. The summed E-state index contributed by atoms with van der Waals surface area (Å²) in [5.74, 6) is 0.0522. The van der Waals surface area contributed by atoms with Crippen LogP contribution >= 0.6 is 11.3 Å². The van der Waals surface area contributed by atoms with E-state index in [-0.39, 0.29) is 17.3 Å². The summed E-state index contributed by atoms with van der Waals surface area (Å²) in [6.07, 6.45) is -3.62. The van der Waals surface area contributed by atoms with Crippen LogP contribution in [0.15, 0.2) is 0 Å². The summed E-state index contributed by atoms with van der Waals surface area (Å²) in [5, 5.41) is 0.519. The highest BCUT2D eigenvalue weighted by atomic mass is 32.1. The van der Waals surface area contributed by atoms with Crippen LogP contribution in [0.5, 0.6) is 0 Å². The Morgan fingerprint density at radius 2 is 2.07 bits per heavy atom. The van der Waals surface area contributed by atoms with E-state index < -0.39 is 11.9 Å². The van der Waals surface area contributed by atoms with Gasteiger partial charge in [-0.15, -0.1) is 11.3 Å². The van der Waals surface area contributed by atoms with Gasteiger partial charge < -0.3 is 5.73 Å². The second-order valence-corrected chi connectivity index (χ2v) is 4.45. The lowest BCUT2D eigenvalue weighted by molar-refractivity contribution is -0.141. The molecule has 6 heteroatoms. The molecule has 1 unspecified atom stereocenters. The molecule has 1 aromatic heterocycles. The van der Waals surface area contributed by atoms with Crippen molar-refractivity contribution in [2.45, 2.75) is 38.9 Å². The van der Waals surface area contributed by atoms with Gasteiger partial charge in [0.2, 0.25) is 0 Å². The smallest absolute Gasteiger partial charge is 0.326 e. The van der Waals surface area contributed by atoms with Crippen LogP contribution in [0.25, 0.3) is 0 Å². The van der Waals surface area contributed by atoms with E-state index in [4.69, 9.17) is 5.73 Å². The maximum absolute atomic E-state index is 12.5. The molecule has 2 N–H and O–H groups in total. The molecule has 1 aromatic rings. The van der Waals surface area contributed by atoms with Crippen LogP contribution in [-0.2, 0) is 12.7 Å². The van der Waals surface area contributed by atoms with Crippen LogP contribution in [0, 0.1) is 0 Å². The third-order valence-corrected chi connectivity index (χ3v) is 3.51. The number of alkyl halides is 3. The molecule has 1 atom stereocenters. The first-order valence-corrected chi connectivity index (χ1v) is 5.48. The summed E-state index contributed by atoms with van der Waals surface area (Å²) in [6.45, 7) is 3.67. The Morgan fingerprint density at radius 3 is 2.40 bits per heavy atom. The highest BCUT2D eigenvalue weighted by molar-refractivity contribution is 7.11. The van der Waals surface area contributed by atoms with E-state index in [1.165, 1.54) is 0 Å². The second kappa shape index (κ2) is 4.49. The molecular formula is C9H13F3N2S. The normalized spacial score (nSPS) is 14.3. The zero-order valence-electron chi connectivity index (χ0n) is 8.56. The predicted molar refractivity (Wildman–Crippen MR) is 53.7 cm³/mol. The van der Waals surface area contributed by atoms with Crippen molar-refractivity contribution in [3.63, 3.8) is 0 Å². The van der Waals surface area contributed by atoms with Crippen molar-refractivity contribution in [1.82, 2.24) is 4.98 Å². The fourth-order valence-corrected chi connectivity index (χ4v) is 2.21. The molecule has 0 radical (unpaired) electrons. The Balaban J connectivity index is 3.11. The largest absolute Gasteiger partial charge is 0.434 e. The van der Waals surface area contributed by atoms with Gasteiger partial charge in [-0.05, 0) is 6.42 Å². The predicted octanol–water partition coefficient (Wildman–Crippen LogP) is 3.13. The van der Waals surface area contributed by atoms with Gasteiger partial charge in [0, 0.05) is 12.5 Å². The number of hydrogen-bond acceptors (Lipinski definition) is 3. The number of rotatable bonds is 3. The lowest BCUT2D eigenvalue weighted by Crippen LogP contribution is -2.10. The summed E-state index contributed by atoms with van der Waals surface area (Å²) in [4.78, 5) is 3.76. The summed E-state index contributed by atoms with van der Waals surface area (Å²) < 4.78 is 37.5. The molecule has 0 saturated heterocycles. The Kier molecular flexibility index (Phi) is 3.72. The van der Waals surface area contributed by atoms with Gasteiger partial charge in [-0.25, -0.2) is 4.98 Å². The van der Waals surface area contributed by atoms with Crippen LogP contribution < -0.4 is 5.73 Å². The standard InChI is InChI=1S/C9H13F3N2S/c1-3-5(2)8-14-7(9(10,11)12)6(4-13)15-8/h5H,3-4,13H2,1-2H3. The van der Waals surface area contributed by atoms with E-state index in [9.17, 15) is 13.2 Å². The first kappa shape index (κ1) is 12.4. The molecule has 0 aliphatic carbocycles. The van der Waals surface area contributed by atoms with Crippen LogP contribution in [0.4, 0.5) is 13.2 Å². The zero-order valence-corrected chi connectivity index (χ0v) is 9.37. The number of hydrogen-bond donors (Lipinski definition) is 1. The maximum atomic E-state index is 12.5. The van der Waals surface area contributed by atoms with E-state index in [1.54, 1.807) is 0 Å². The van der Waals surface area contributed by atoms with Crippen molar-refractivity contribution in [3.05, 3.63) is 15.6 Å². The fourth-order valence-electron chi connectivity index (χ4n) is 1.12. The summed E-state index contributed by atoms with van der Waals surface area (Å²) in [5.41, 5.74) is 4.46. The maximum Gasteiger partial charge on any atom is 0.434 e. The van der Waals surface area contributed by atoms with Crippen LogP contribution in [0.3, 0.4) is 0 Å². The Labute approximate surface area is 90.3 Å². The average molecular weight is 238 g/mol. The Bertz CT molecular complexity index is 333. The lowest BCUT2D eigenvalue weighted by atomic mass is 10.1. The monoisotopic (exact) mass is 238 g/mol. The molecule has 15 heavy (non-hydrogen) atoms. The van der Waals surface area contributed by atoms with E-state index >= 15 is 0 Å². The van der Waals surface area contributed by atoms with Gasteiger partial charge in [0.25, 0.3) is 0 Å². The highest BCUT2D eigenvalue weighted by Gasteiger charge is 2.37. The van der Waals surface area contributed by atoms with Crippen molar-refractivity contribution in [3.8, 4) is 0 Å². The van der Waals surface area contributed by atoms with E-state index in [0.29, 0.717) is 5.01 Å². The molecule has 0 bridgehead atoms. The summed E-state index contributed by atoms with van der Waals surface area (Å²) in [6, 6.07) is 0. The van der Waals surface area contributed by atoms with Crippen LogP contribution in [-0.4, -0.2) is 4.98 Å². The van der Waals surface area contributed by atoms with Crippen molar-refractivity contribution in [2.24, 2.45) is 5.73 Å². The topological polar surface area (TPSA) is 38.9 Å². The summed E-state index contributed by atoms with van der Waals surface area (Å²) in [7, 11) is 0. The number of nitrogens with zero attached hydrogens (tertiary/aromatic N) is 1. The van der Waals surface area contributed by atoms with Crippen molar-refractivity contribution in [1.29, 1.82) is 0 Å². The minimum Gasteiger partial charge on any atom is -0.326 e. The zero-order chi connectivity index (χ0) is 11.6. The molecule has 2 nitrogen and oxygen atoms in total. The number of halogens is 3. The minimum atomic E-state index is -4.39. The highest BCUT2D eigenvalue weighted by Crippen LogP contribution is 2.36. The summed E-state index contributed by atoms with van der Waals surface area (Å²) >= 11 is 1.06. The lowest BCUT2D eigenvalue weighted by Gasteiger charge is -2.04. The van der Waals surface area contributed by atoms with Gasteiger partial charge in [0.15, 0.2) is 5.69 Å². The SMILES string of the molecule is CCC(C)c1nc(C(F)(F)F)c(CN)s1. The molecule has 1 heterocycles. The van der Waals surface area contributed by atoms with Gasteiger partial charge in [-0.3, -0.25) is 0 Å². The molecule has 0 fully saturated rings. The van der Waals surface area contributed by atoms with Crippen molar-refractivity contribution in [2.75, 3.05) is 0 Å². The number of thiazole rings is 1. The van der Waals surface area contributed by atoms with E-state index in [0.717, 1.165) is 17.8 Å². The Hall–Kier alpha value is -0.620. The third-order valence-electron chi connectivity index (χ3n) is 2.20. The number of aromatic nitrogens is 1. The van der Waals surface area contributed by atoms with Crippen molar-refractivity contribution >= 4 is 11.3 Å². The molecule has 0 spiro atoms. The van der Waals surface area contributed by atoms with Crippen LogP contribution in [0.2, 0.25) is 0 Å². The van der Waals surface area contributed by atoms with E-state index in [2.05, 4.69) is 4.98 Å². The van der Waals surface area contributed by atoms with Crippen LogP contribution in [0.1, 0.15) is 41.8 Å². The third kappa shape index (κ3) is 2.69. The molecule has 0 amide bonds. The minimum absolute atomic E-state index is 0.0522. The molecule has 0 aromatic carbocycles. The van der Waals surface area contributed by atoms with Gasteiger partial charge in [-0.2, -0.15) is 13.2 Å². The van der Waals surface area contributed by atoms with Gasteiger partial charge in [0.05, 0.1) is 9.88 Å². The van der Waals surface area contributed by atoms with E-state index in [1.807, 2.05) is 13.8 Å². The van der Waals surface area contributed by atoms with Gasteiger partial charge in [-0.1, -0.05) is 13.8 Å². The molecule has 86 valence electrons. The fraction of sp³-hybridized carbons (Fsp3) is 0.667. The molecular weight excluding hydrogens is 225 g/mol. The molecule has 0 aliphatic rings. The quantitative estimate of drug-likeness (QED) is 0.878. The van der Waals surface area contributed by atoms with Gasteiger partial charge >= 0.3 is 6.18 Å². The molecule has 0 aliphatic heterocycles. The van der Waals surface area contributed by atoms with Crippen molar-refractivity contribution < 1.29 is 13.2 Å². The second-order valence-electron chi connectivity index (χ2n) is 3.34. The Morgan fingerprint density at radius 1 is 1.47 bits per heavy atom. The van der Waals surface area contributed by atoms with Gasteiger partial charge in [0.1, 0.15) is 0 Å².